The highest BCUT2D eigenvalue weighted by atomic mass is 32.1. The standard InChI is InChI=1S/C47H64N10O3S/c1-29(2)56-18-16-55(17-19-56)20-21-60-46-25-43(5)23-45(24-44(6,26-46)47(43,46)27-45)28-51-31(4)34(22-48)33-13-14-37(53-38(33)41(58)59)57-15-9-10-32(40(57)50)30(3)39(49)54-42-52-35-11-7-8-12-36(35)61-42/h7-8,11-14,22,29,50,53,58-59H,9-10,15-21,23-28,48H2,1-6H3,(H2,49,52,54)/b32-30-,34-22+,50-40?,51-31?. The van der Waals surface area contributed by atoms with Crippen LogP contribution in [-0.4, -0.2) is 111 Å². The number of dihydropyridines is 1. The Morgan fingerprint density at radius 3 is 2.43 bits per heavy atom. The summed E-state index contributed by atoms with van der Waals surface area (Å²) in [6.07, 6.45) is 12.4. The number of allylic oxidation sites excluding steroid dienone is 3. The number of nitrogens with two attached hydrogens (primary N) is 2. The highest BCUT2D eigenvalue weighted by Crippen LogP contribution is 2.95. The van der Waals surface area contributed by atoms with Crippen LogP contribution in [0.3, 0.4) is 0 Å². The number of rotatable bonds is 12. The molecule has 61 heavy (non-hydrogen) atoms. The molecule has 6 fully saturated rings. The van der Waals surface area contributed by atoms with E-state index in [2.05, 4.69) is 52.8 Å². The third-order valence-electron chi connectivity index (χ3n) is 15.9. The molecule has 2 aromatic rings. The maximum atomic E-state index is 10.7. The Morgan fingerprint density at radius 1 is 1.03 bits per heavy atom. The first-order valence-corrected chi connectivity index (χ1v) is 23.0. The monoisotopic (exact) mass is 848 g/mol. The number of piperidine rings is 1. The number of amidine groups is 2. The van der Waals surface area contributed by atoms with Gasteiger partial charge in [-0.3, -0.25) is 20.2 Å². The summed E-state index contributed by atoms with van der Waals surface area (Å²) in [4.78, 5) is 21.5. The largest absolute Gasteiger partial charge is 0.480 e. The van der Waals surface area contributed by atoms with Gasteiger partial charge in [0.2, 0.25) is 5.13 Å². The van der Waals surface area contributed by atoms with Crippen molar-refractivity contribution in [2.75, 3.05) is 52.4 Å². The van der Waals surface area contributed by atoms with Gasteiger partial charge in [-0.15, -0.1) is 0 Å². The maximum absolute atomic E-state index is 10.7. The second-order valence-corrected chi connectivity index (χ2v) is 20.8. The zero-order valence-corrected chi connectivity index (χ0v) is 37.6. The molecule has 9 rings (SSSR count). The second kappa shape index (κ2) is 15.1. The van der Waals surface area contributed by atoms with Crippen molar-refractivity contribution in [1.29, 1.82) is 5.41 Å². The average molecular weight is 849 g/mol. The van der Waals surface area contributed by atoms with Crippen LogP contribution in [0, 0.1) is 27.1 Å². The number of aliphatic hydroxyl groups is 2. The van der Waals surface area contributed by atoms with E-state index in [1.54, 1.807) is 0 Å². The topological polar surface area (TPSA) is 185 Å². The molecule has 3 aliphatic heterocycles. The number of aliphatic hydroxyl groups excluding tert-OH is 1. The quantitative estimate of drug-likeness (QED) is 0.0715. The highest BCUT2D eigenvalue weighted by Gasteiger charge is 2.93. The summed E-state index contributed by atoms with van der Waals surface area (Å²) < 4.78 is 8.05. The SMILES string of the molecule is CC(=NCC12CC3(C)CC4(OCCN5CCN(C(C)C)CC5)CC(C)(C1)C34C2)/C(=C\N)C1=CC=C(N2CCC/C(=C(C)/C(N)=N/c3nc4ccccc4s3)C2=N)NC1=C(O)O. The zero-order chi connectivity index (χ0) is 43.1. The van der Waals surface area contributed by atoms with Crippen LogP contribution in [0.25, 0.3) is 10.2 Å². The highest BCUT2D eigenvalue weighted by molar-refractivity contribution is 7.22. The summed E-state index contributed by atoms with van der Waals surface area (Å²) in [5.74, 6) is 0.280. The Bertz CT molecular complexity index is 2300. The Labute approximate surface area is 364 Å². The molecule has 2 bridgehead atoms. The van der Waals surface area contributed by atoms with Gasteiger partial charge in [0.05, 0.1) is 22.4 Å². The Hall–Kier alpha value is -4.50. The van der Waals surface area contributed by atoms with Gasteiger partial charge in [-0.1, -0.05) is 37.3 Å². The summed E-state index contributed by atoms with van der Waals surface area (Å²) in [7, 11) is 0. The van der Waals surface area contributed by atoms with E-state index in [0.717, 1.165) is 105 Å². The fourth-order valence-corrected chi connectivity index (χ4v) is 14.6. The van der Waals surface area contributed by atoms with Gasteiger partial charge in [-0.2, -0.15) is 0 Å². The molecule has 14 heteroatoms. The zero-order valence-electron chi connectivity index (χ0n) is 36.8. The van der Waals surface area contributed by atoms with Gasteiger partial charge in [0.25, 0.3) is 5.95 Å². The minimum absolute atomic E-state index is 0.00608. The lowest BCUT2D eigenvalue weighted by molar-refractivity contribution is -0.397. The molecule has 8 N–H and O–H groups in total. The lowest BCUT2D eigenvalue weighted by atomic mass is 9.25. The molecule has 2 saturated heterocycles. The molecule has 1 aromatic carbocycles. The summed E-state index contributed by atoms with van der Waals surface area (Å²) in [5.41, 5.74) is 18.1. The molecule has 1 aromatic heterocycles. The number of fused-ring (bicyclic) bond motifs is 2. The maximum Gasteiger partial charge on any atom is 0.299 e. The van der Waals surface area contributed by atoms with Gasteiger partial charge in [0, 0.05) is 85.9 Å². The van der Waals surface area contributed by atoms with Crippen LogP contribution in [0.5, 0.6) is 0 Å². The molecule has 2 unspecified atom stereocenters. The lowest BCUT2D eigenvalue weighted by Crippen LogP contribution is -2.82. The lowest BCUT2D eigenvalue weighted by Gasteiger charge is -2.82. The van der Waals surface area contributed by atoms with E-state index < -0.39 is 5.95 Å². The van der Waals surface area contributed by atoms with E-state index in [4.69, 9.17) is 21.2 Å². The summed E-state index contributed by atoms with van der Waals surface area (Å²) in [6, 6.07) is 8.48. The van der Waals surface area contributed by atoms with Crippen LogP contribution in [0.15, 0.2) is 92.4 Å². The summed E-state index contributed by atoms with van der Waals surface area (Å²) >= 11 is 1.47. The van der Waals surface area contributed by atoms with Gasteiger partial charge >= 0.3 is 0 Å². The number of hydrogen-bond acceptors (Lipinski definition) is 12. The van der Waals surface area contributed by atoms with E-state index >= 15 is 0 Å². The van der Waals surface area contributed by atoms with Crippen molar-refractivity contribution in [3.05, 3.63) is 82.4 Å². The molecule has 7 aliphatic rings. The van der Waals surface area contributed by atoms with Crippen molar-refractivity contribution in [3.8, 4) is 0 Å². The van der Waals surface area contributed by atoms with Crippen LogP contribution in [0.2, 0.25) is 0 Å². The van der Waals surface area contributed by atoms with Gasteiger partial charge < -0.3 is 36.6 Å². The third-order valence-corrected chi connectivity index (χ3v) is 16.9. The van der Waals surface area contributed by atoms with Crippen molar-refractivity contribution >= 4 is 44.1 Å². The minimum atomic E-state index is -0.862. The third kappa shape index (κ3) is 6.57. The van der Waals surface area contributed by atoms with Crippen LogP contribution < -0.4 is 16.8 Å². The van der Waals surface area contributed by atoms with Gasteiger partial charge in [0.15, 0.2) is 0 Å². The number of aliphatic imine (C=N–C) groups is 2. The fraction of sp³-hybridized carbons (Fsp3) is 0.574. The number of nitrogens with zero attached hydrogens (tertiary/aromatic N) is 6. The van der Waals surface area contributed by atoms with E-state index in [9.17, 15) is 15.6 Å². The van der Waals surface area contributed by atoms with Crippen LogP contribution in [-0.2, 0) is 4.74 Å². The molecule has 1 spiro atoms. The summed E-state index contributed by atoms with van der Waals surface area (Å²) in [5, 5.41) is 34.3. The number of likely N-dealkylation sites (tertiary alicyclic amines) is 1. The van der Waals surface area contributed by atoms with Crippen molar-refractivity contribution in [3.63, 3.8) is 0 Å². The summed E-state index contributed by atoms with van der Waals surface area (Å²) in [6.45, 7) is 21.1. The van der Waals surface area contributed by atoms with Crippen LogP contribution in [0.1, 0.15) is 86.5 Å². The smallest absolute Gasteiger partial charge is 0.299 e. The normalized spacial score (nSPS) is 34.0. The number of thiazole rings is 1. The van der Waals surface area contributed by atoms with Crippen molar-refractivity contribution in [1.82, 2.24) is 25.0 Å². The van der Waals surface area contributed by atoms with Gasteiger partial charge in [-0.05, 0) is 119 Å². The Kier molecular flexibility index (Phi) is 10.4. The number of ether oxygens (including phenoxy) is 1. The van der Waals surface area contributed by atoms with E-state index in [0.29, 0.717) is 53.5 Å². The average Bonchev–Trinajstić information content (AvgIpc) is 3.83. The number of benzene rings is 1. The minimum Gasteiger partial charge on any atom is -0.480 e. The first kappa shape index (κ1) is 41.8. The van der Waals surface area contributed by atoms with Crippen molar-refractivity contribution < 1.29 is 14.9 Å². The molecule has 4 saturated carbocycles. The number of hydrogen-bond donors (Lipinski definition) is 6. The fourth-order valence-electron chi connectivity index (χ4n) is 13.7. The second-order valence-electron chi connectivity index (χ2n) is 19.8. The van der Waals surface area contributed by atoms with E-state index in [1.807, 2.05) is 55.2 Å². The number of para-hydroxylation sites is 1. The predicted molar refractivity (Wildman–Crippen MR) is 245 cm³/mol. The molecular formula is C47H64N10O3S. The molecule has 0 amide bonds. The molecular weight excluding hydrogens is 785 g/mol. The molecule has 326 valence electrons. The number of piperazine rings is 1. The molecule has 2 atom stereocenters. The van der Waals surface area contributed by atoms with Crippen LogP contribution >= 0.6 is 11.3 Å². The molecule has 4 aliphatic carbocycles. The molecule has 0 radical (unpaired) electrons. The van der Waals surface area contributed by atoms with Gasteiger partial charge in [0.1, 0.15) is 23.2 Å². The Morgan fingerprint density at radius 2 is 1.75 bits per heavy atom. The van der Waals surface area contributed by atoms with E-state index in [-0.39, 0.29) is 38.8 Å². The van der Waals surface area contributed by atoms with E-state index in [1.165, 1.54) is 17.5 Å². The Balaban J connectivity index is 0.884. The molecule has 13 nitrogen and oxygen atoms in total. The first-order valence-electron chi connectivity index (χ1n) is 22.2. The first-order chi connectivity index (χ1) is 29.1. The van der Waals surface area contributed by atoms with Gasteiger partial charge in [-0.25, -0.2) is 9.98 Å². The predicted octanol–water partition coefficient (Wildman–Crippen LogP) is 7.41. The van der Waals surface area contributed by atoms with Crippen LogP contribution in [0.4, 0.5) is 5.13 Å². The number of aromatic nitrogens is 1. The van der Waals surface area contributed by atoms with Crippen molar-refractivity contribution in [2.45, 2.75) is 98.1 Å². The number of nitrogens with one attached hydrogen (secondary N) is 2. The molecule has 4 heterocycles. The van der Waals surface area contributed by atoms with Crippen molar-refractivity contribution in [2.24, 2.45) is 43.1 Å².